The normalized spacial score (nSPS) is 9.53. The van der Waals surface area contributed by atoms with Crippen LogP contribution in [-0.2, 0) is 4.79 Å². The van der Waals surface area contributed by atoms with E-state index in [1.807, 2.05) is 0 Å². The minimum Gasteiger partial charge on any atom is -0.493 e. The molecule has 0 fully saturated rings. The molecule has 0 atom stereocenters. The van der Waals surface area contributed by atoms with Gasteiger partial charge in [0.15, 0.2) is 18.2 Å². The molecule has 0 aromatic heterocycles. The summed E-state index contributed by atoms with van der Waals surface area (Å²) < 4.78 is 10.4. The maximum atomic E-state index is 11.2. The second kappa shape index (κ2) is 7.80. The molecular formula is C12H16N2O5. The summed E-state index contributed by atoms with van der Waals surface area (Å²) in [6.07, 6.45) is -0.124. The molecule has 0 saturated heterocycles. The monoisotopic (exact) mass is 268 g/mol. The molecule has 104 valence electrons. The van der Waals surface area contributed by atoms with Crippen LogP contribution in [-0.4, -0.2) is 37.5 Å². The lowest BCUT2D eigenvalue weighted by atomic mass is 10.3. The van der Waals surface area contributed by atoms with Crippen molar-refractivity contribution in [1.82, 2.24) is 10.6 Å². The van der Waals surface area contributed by atoms with Crippen molar-refractivity contribution in [1.29, 1.82) is 0 Å². The second-order valence-electron chi connectivity index (χ2n) is 3.52. The third kappa shape index (κ3) is 5.62. The maximum Gasteiger partial charge on any atom is 0.317 e. The fraction of sp³-hybridized carbons (Fsp3) is 0.333. The average molecular weight is 268 g/mol. The summed E-state index contributed by atoms with van der Waals surface area (Å²) in [5.74, 6) is 0.108. The number of carbonyl (C=O) groups is 2. The molecule has 0 unspecified atom stereocenters. The molecule has 1 rings (SSSR count). The highest BCUT2D eigenvalue weighted by Gasteiger charge is 2.04. The summed E-state index contributed by atoms with van der Waals surface area (Å²) in [6, 6.07) is 6.55. The predicted octanol–water partition coefficient (Wildman–Crippen LogP) is 0.805. The number of aliphatic carboxylic acids is 1. The van der Waals surface area contributed by atoms with Crippen molar-refractivity contribution in [2.75, 3.05) is 20.4 Å². The van der Waals surface area contributed by atoms with Gasteiger partial charge in [-0.2, -0.15) is 0 Å². The van der Waals surface area contributed by atoms with Crippen LogP contribution in [0.25, 0.3) is 0 Å². The summed E-state index contributed by atoms with van der Waals surface area (Å²) in [4.78, 5) is 21.5. The zero-order chi connectivity index (χ0) is 14.1. The fourth-order valence-electron chi connectivity index (χ4n) is 1.26. The number of ether oxygens (including phenoxy) is 2. The first-order valence-corrected chi connectivity index (χ1v) is 5.63. The number of carboxylic acids is 1. The van der Waals surface area contributed by atoms with E-state index >= 15 is 0 Å². The SMILES string of the molecule is COc1ccccc1OCNC(=O)NCCC(=O)O. The molecule has 3 N–H and O–H groups in total. The zero-order valence-electron chi connectivity index (χ0n) is 10.5. The summed E-state index contributed by atoms with van der Waals surface area (Å²) in [5, 5.41) is 13.2. The number of hydrogen-bond acceptors (Lipinski definition) is 4. The van der Waals surface area contributed by atoms with Crippen LogP contribution in [0.1, 0.15) is 6.42 Å². The van der Waals surface area contributed by atoms with Gasteiger partial charge < -0.3 is 25.2 Å². The minimum absolute atomic E-state index is 0.0424. The number of nitrogens with one attached hydrogen (secondary N) is 2. The number of hydrogen-bond donors (Lipinski definition) is 3. The highest BCUT2D eigenvalue weighted by atomic mass is 16.5. The van der Waals surface area contributed by atoms with E-state index in [0.717, 1.165) is 0 Å². The van der Waals surface area contributed by atoms with Crippen molar-refractivity contribution in [2.45, 2.75) is 6.42 Å². The molecule has 0 heterocycles. The van der Waals surface area contributed by atoms with Crippen molar-refractivity contribution in [3.8, 4) is 11.5 Å². The number of methoxy groups -OCH3 is 1. The lowest BCUT2D eigenvalue weighted by Crippen LogP contribution is -2.38. The van der Waals surface area contributed by atoms with Crippen LogP contribution in [0, 0.1) is 0 Å². The smallest absolute Gasteiger partial charge is 0.317 e. The van der Waals surface area contributed by atoms with Crippen molar-refractivity contribution >= 4 is 12.0 Å². The molecule has 2 amide bonds. The Morgan fingerprint density at radius 3 is 2.53 bits per heavy atom. The van der Waals surface area contributed by atoms with E-state index in [1.54, 1.807) is 24.3 Å². The largest absolute Gasteiger partial charge is 0.493 e. The van der Waals surface area contributed by atoms with Gasteiger partial charge in [-0.1, -0.05) is 12.1 Å². The van der Waals surface area contributed by atoms with E-state index < -0.39 is 12.0 Å². The Morgan fingerprint density at radius 1 is 1.21 bits per heavy atom. The molecular weight excluding hydrogens is 252 g/mol. The summed E-state index contributed by atoms with van der Waals surface area (Å²) >= 11 is 0. The van der Waals surface area contributed by atoms with Crippen LogP contribution < -0.4 is 20.1 Å². The third-order valence-electron chi connectivity index (χ3n) is 2.15. The maximum absolute atomic E-state index is 11.2. The van der Waals surface area contributed by atoms with Crippen molar-refractivity contribution in [3.63, 3.8) is 0 Å². The van der Waals surface area contributed by atoms with Crippen LogP contribution in [0.3, 0.4) is 0 Å². The van der Waals surface area contributed by atoms with Gasteiger partial charge in [0.05, 0.1) is 13.5 Å². The number of para-hydroxylation sites is 2. The fourth-order valence-corrected chi connectivity index (χ4v) is 1.26. The van der Waals surface area contributed by atoms with Crippen LogP contribution >= 0.6 is 0 Å². The first kappa shape index (κ1) is 14.6. The average Bonchev–Trinajstić information content (AvgIpc) is 2.39. The predicted molar refractivity (Wildman–Crippen MR) is 67.3 cm³/mol. The van der Waals surface area contributed by atoms with E-state index in [1.165, 1.54) is 7.11 Å². The number of urea groups is 1. The standard InChI is InChI=1S/C12H16N2O5/c1-18-9-4-2-3-5-10(9)19-8-14-12(17)13-7-6-11(15)16/h2-5H,6-8H2,1H3,(H,15,16)(H2,13,14,17). The first-order chi connectivity index (χ1) is 9.13. The van der Waals surface area contributed by atoms with Gasteiger partial charge in [-0.25, -0.2) is 4.79 Å². The molecule has 19 heavy (non-hydrogen) atoms. The number of benzene rings is 1. The molecule has 0 aliphatic carbocycles. The first-order valence-electron chi connectivity index (χ1n) is 5.63. The molecule has 0 aliphatic heterocycles. The quantitative estimate of drug-likeness (QED) is 0.636. The molecule has 7 nitrogen and oxygen atoms in total. The van der Waals surface area contributed by atoms with Gasteiger partial charge in [0.1, 0.15) is 0 Å². The van der Waals surface area contributed by atoms with E-state index in [9.17, 15) is 9.59 Å². The zero-order valence-corrected chi connectivity index (χ0v) is 10.5. The topological polar surface area (TPSA) is 96.9 Å². The molecule has 0 saturated carbocycles. The van der Waals surface area contributed by atoms with Crippen LogP contribution in [0.5, 0.6) is 11.5 Å². The molecule has 1 aromatic carbocycles. The van der Waals surface area contributed by atoms with Gasteiger partial charge in [0.2, 0.25) is 0 Å². The Kier molecular flexibility index (Phi) is 6.00. The Bertz CT molecular complexity index is 436. The molecule has 0 spiro atoms. The van der Waals surface area contributed by atoms with Crippen molar-refractivity contribution in [2.24, 2.45) is 0 Å². The van der Waals surface area contributed by atoms with Crippen LogP contribution in [0.2, 0.25) is 0 Å². The minimum atomic E-state index is -0.967. The molecule has 7 heteroatoms. The van der Waals surface area contributed by atoms with Gasteiger partial charge in [0, 0.05) is 6.54 Å². The lowest BCUT2D eigenvalue weighted by Gasteiger charge is -2.11. The summed E-state index contributed by atoms with van der Waals surface area (Å²) in [6.45, 7) is 0.0229. The van der Waals surface area contributed by atoms with Crippen LogP contribution in [0.15, 0.2) is 24.3 Å². The van der Waals surface area contributed by atoms with Crippen LogP contribution in [0.4, 0.5) is 4.79 Å². The Hall–Kier alpha value is -2.44. The Labute approximate surface area is 110 Å². The summed E-state index contributed by atoms with van der Waals surface area (Å²) in [7, 11) is 1.52. The number of carbonyl (C=O) groups excluding carboxylic acids is 1. The Balaban J connectivity index is 2.26. The second-order valence-corrected chi connectivity index (χ2v) is 3.52. The van der Waals surface area contributed by atoms with Gasteiger partial charge in [-0.3, -0.25) is 4.79 Å². The van der Waals surface area contributed by atoms with Crippen molar-refractivity contribution in [3.05, 3.63) is 24.3 Å². The Morgan fingerprint density at radius 2 is 1.89 bits per heavy atom. The van der Waals surface area contributed by atoms with E-state index in [-0.39, 0.29) is 19.7 Å². The van der Waals surface area contributed by atoms with Gasteiger partial charge >= 0.3 is 12.0 Å². The molecule has 0 bridgehead atoms. The number of rotatable bonds is 7. The van der Waals surface area contributed by atoms with Gasteiger partial charge in [-0.05, 0) is 12.1 Å². The number of carboxylic acid groups (broad SMARTS) is 1. The summed E-state index contributed by atoms with van der Waals surface area (Å²) in [5.41, 5.74) is 0. The molecule has 1 aromatic rings. The lowest BCUT2D eigenvalue weighted by molar-refractivity contribution is -0.136. The third-order valence-corrected chi connectivity index (χ3v) is 2.15. The highest BCUT2D eigenvalue weighted by Crippen LogP contribution is 2.25. The van der Waals surface area contributed by atoms with E-state index in [4.69, 9.17) is 14.6 Å². The van der Waals surface area contributed by atoms with E-state index in [0.29, 0.717) is 11.5 Å². The van der Waals surface area contributed by atoms with Gasteiger partial charge in [0.25, 0.3) is 0 Å². The molecule has 0 aliphatic rings. The van der Waals surface area contributed by atoms with Gasteiger partial charge in [-0.15, -0.1) is 0 Å². The highest BCUT2D eigenvalue weighted by molar-refractivity contribution is 5.74. The van der Waals surface area contributed by atoms with Crippen molar-refractivity contribution < 1.29 is 24.2 Å². The number of amides is 2. The van der Waals surface area contributed by atoms with E-state index in [2.05, 4.69) is 10.6 Å². The molecule has 0 radical (unpaired) electrons.